The number of aromatic hydroxyl groups is 2. The third-order valence-corrected chi connectivity index (χ3v) is 7.28. The molecule has 0 bridgehead atoms. The van der Waals surface area contributed by atoms with Gasteiger partial charge in [0.15, 0.2) is 12.4 Å². The van der Waals surface area contributed by atoms with E-state index in [1.54, 1.807) is 24.3 Å². The molecular weight excluding hydrogens is 629 g/mol. The molecule has 0 unspecified atom stereocenters. The molecule has 0 spiro atoms. The maximum absolute atomic E-state index is 10.9. The molecule has 0 amide bonds. The van der Waals surface area contributed by atoms with Gasteiger partial charge < -0.3 is 54.2 Å². The Morgan fingerprint density at radius 3 is 1.46 bits per heavy atom. The highest BCUT2D eigenvalue weighted by atomic mass is 127. The Hall–Kier alpha value is -3.40. The van der Waals surface area contributed by atoms with Gasteiger partial charge in [-0.2, -0.15) is 0 Å². The first-order valence-corrected chi connectivity index (χ1v) is 14.4. The number of halogens is 1. The van der Waals surface area contributed by atoms with Crippen LogP contribution in [0.5, 0.6) is 11.5 Å². The molecular formula is C33H42IN3O4. The predicted octanol–water partition coefficient (Wildman–Crippen LogP) is 3.57. The molecule has 4 rings (SSSR count). The maximum atomic E-state index is 10.9. The van der Waals surface area contributed by atoms with Crippen molar-refractivity contribution in [2.24, 2.45) is 0 Å². The molecule has 0 aliphatic heterocycles. The van der Waals surface area contributed by atoms with Crippen LogP contribution in [0, 0.1) is 0 Å². The van der Waals surface area contributed by atoms with Crippen molar-refractivity contribution in [2.75, 3.05) is 36.0 Å². The van der Waals surface area contributed by atoms with Gasteiger partial charge in [0.25, 0.3) is 0 Å². The normalized spacial score (nSPS) is 12.7. The summed E-state index contributed by atoms with van der Waals surface area (Å²) in [6.45, 7) is 10.7. The van der Waals surface area contributed by atoms with E-state index in [-0.39, 0.29) is 58.1 Å². The Balaban J connectivity index is 0.00000462. The number of hydrogen-bond acceptors (Lipinski definition) is 6. The number of phenols is 2. The number of aromatic nitrogens is 1. The lowest BCUT2D eigenvalue weighted by Gasteiger charge is -2.28. The van der Waals surface area contributed by atoms with Crippen LogP contribution >= 0.6 is 0 Å². The highest BCUT2D eigenvalue weighted by molar-refractivity contribution is 6.08. The van der Waals surface area contributed by atoms with Crippen molar-refractivity contribution in [3.63, 3.8) is 0 Å². The zero-order valence-electron chi connectivity index (χ0n) is 24.2. The van der Waals surface area contributed by atoms with Crippen LogP contribution in [0.25, 0.3) is 11.1 Å². The topological polar surface area (TPSA) is 91.3 Å². The van der Waals surface area contributed by atoms with Crippen LogP contribution in [0.15, 0.2) is 78.5 Å². The molecule has 7 nitrogen and oxygen atoms in total. The van der Waals surface area contributed by atoms with Gasteiger partial charge in [-0.25, -0.2) is 4.57 Å². The fourth-order valence-corrected chi connectivity index (χ4v) is 5.36. The number of anilines is 2. The van der Waals surface area contributed by atoms with E-state index in [1.807, 2.05) is 30.3 Å². The summed E-state index contributed by atoms with van der Waals surface area (Å²) in [6.07, 6.45) is 8.02. The minimum atomic E-state index is -0.145. The summed E-state index contributed by atoms with van der Waals surface area (Å²) >= 11 is 0. The molecule has 220 valence electrons. The Morgan fingerprint density at radius 1 is 0.610 bits per heavy atom. The Kier molecular flexibility index (Phi) is 11.8. The van der Waals surface area contributed by atoms with Gasteiger partial charge >= 0.3 is 0 Å². The number of rotatable bonds is 14. The molecule has 41 heavy (non-hydrogen) atoms. The van der Waals surface area contributed by atoms with Gasteiger partial charge in [-0.3, -0.25) is 0 Å². The molecule has 0 saturated heterocycles. The van der Waals surface area contributed by atoms with Gasteiger partial charge in [0.2, 0.25) is 0 Å². The number of hydrogen-bond donors (Lipinski definition) is 4. The highest BCUT2D eigenvalue weighted by Crippen LogP contribution is 2.49. The van der Waals surface area contributed by atoms with E-state index in [9.17, 15) is 20.4 Å². The summed E-state index contributed by atoms with van der Waals surface area (Å²) in [5.41, 5.74) is 2.88. The third kappa shape index (κ3) is 7.28. The summed E-state index contributed by atoms with van der Waals surface area (Å²) in [7, 11) is 0. The number of aliphatic hydroxyl groups is 2. The number of aliphatic hydroxyl groups excluding tert-OH is 2. The van der Waals surface area contributed by atoms with Crippen molar-refractivity contribution in [2.45, 2.75) is 53.0 Å². The second-order valence-electron chi connectivity index (χ2n) is 10.3. The van der Waals surface area contributed by atoms with Gasteiger partial charge in [-0.1, -0.05) is 26.8 Å². The molecule has 0 saturated carbocycles. The lowest BCUT2D eigenvalue weighted by molar-refractivity contribution is -0.697. The van der Waals surface area contributed by atoms with Crippen LogP contribution < -0.4 is 38.3 Å². The Morgan fingerprint density at radius 2 is 1.05 bits per heavy atom. The summed E-state index contributed by atoms with van der Waals surface area (Å²) in [5.74, 6) is -0.316. The first-order chi connectivity index (χ1) is 19.4. The minimum absolute atomic E-state index is 0. The maximum Gasteiger partial charge on any atom is 0.168 e. The number of aryl methyl sites for hydroxylation is 1. The molecule has 1 aliphatic carbocycles. The Labute approximate surface area is 260 Å². The summed E-state index contributed by atoms with van der Waals surface area (Å²) in [5, 5.41) is 43.6. The second kappa shape index (κ2) is 15.0. The fraction of sp³-hybridized carbons (Fsp3) is 0.364. The lowest BCUT2D eigenvalue weighted by Crippen LogP contribution is -3.00. The van der Waals surface area contributed by atoms with Gasteiger partial charge in [-0.05, 0) is 43.5 Å². The van der Waals surface area contributed by atoms with Crippen LogP contribution in [-0.2, 0) is 6.54 Å². The average Bonchev–Trinajstić information content (AvgIpc) is 2.95. The second-order valence-corrected chi connectivity index (χ2v) is 10.3. The van der Waals surface area contributed by atoms with Crippen LogP contribution in [0.3, 0.4) is 0 Å². The van der Waals surface area contributed by atoms with Gasteiger partial charge in [-0.15, -0.1) is 0 Å². The number of pyridine rings is 1. The number of nitrogens with zero attached hydrogens (tertiary/aromatic N) is 3. The largest absolute Gasteiger partial charge is 1.00 e. The first-order valence-electron chi connectivity index (χ1n) is 14.4. The molecule has 0 fully saturated rings. The quantitative estimate of drug-likeness (QED) is 0.155. The number of benzene rings is 2. The number of allylic oxidation sites excluding steroid dienone is 2. The van der Waals surface area contributed by atoms with E-state index in [0.717, 1.165) is 69.8 Å². The SMILES string of the molecule is CCCN(CCC)c1ccc(C2=C(O)C(c3ccc(N(CCC)CCC[n+]4ccccc4)cc3O)=C2O)c(O)c1.[I-]. The molecule has 4 N–H and O–H groups in total. The van der Waals surface area contributed by atoms with E-state index < -0.39 is 0 Å². The third-order valence-electron chi connectivity index (χ3n) is 7.28. The summed E-state index contributed by atoms with van der Waals surface area (Å²) < 4.78 is 2.15. The van der Waals surface area contributed by atoms with E-state index in [4.69, 9.17) is 0 Å². The average molecular weight is 672 g/mol. The van der Waals surface area contributed by atoms with E-state index in [0.29, 0.717) is 11.1 Å². The monoisotopic (exact) mass is 671 g/mol. The molecule has 0 atom stereocenters. The minimum Gasteiger partial charge on any atom is -1.00 e. The molecule has 1 aliphatic rings. The molecule has 8 heteroatoms. The van der Waals surface area contributed by atoms with Gasteiger partial charge in [0.05, 0.1) is 11.1 Å². The lowest BCUT2D eigenvalue weighted by atomic mass is 9.83. The van der Waals surface area contributed by atoms with Crippen LogP contribution in [0.2, 0.25) is 0 Å². The van der Waals surface area contributed by atoms with Crippen LogP contribution in [0.1, 0.15) is 57.6 Å². The van der Waals surface area contributed by atoms with Crippen molar-refractivity contribution >= 4 is 22.5 Å². The van der Waals surface area contributed by atoms with Crippen molar-refractivity contribution in [3.05, 3.63) is 89.6 Å². The highest BCUT2D eigenvalue weighted by Gasteiger charge is 2.34. The molecule has 1 aromatic heterocycles. The van der Waals surface area contributed by atoms with Crippen molar-refractivity contribution < 1.29 is 49.0 Å². The molecule has 0 radical (unpaired) electrons. The molecule has 2 aromatic carbocycles. The predicted molar refractivity (Wildman–Crippen MR) is 162 cm³/mol. The molecule has 1 heterocycles. The van der Waals surface area contributed by atoms with E-state index in [2.05, 4.69) is 47.5 Å². The van der Waals surface area contributed by atoms with Crippen molar-refractivity contribution in [1.29, 1.82) is 0 Å². The number of phenolic OH excluding ortho intramolecular Hbond substituents is 2. The molecule has 3 aromatic rings. The van der Waals surface area contributed by atoms with Gasteiger partial charge in [0.1, 0.15) is 29.6 Å². The van der Waals surface area contributed by atoms with Crippen LogP contribution in [-0.4, -0.2) is 46.6 Å². The standard InChI is InChI=1S/C33H41N3O4.HI/c1-4-15-35(16-5-2)24-11-13-26(28(37)22-24)30-32(39)31(33(30)40)27-14-12-25(23-29(27)38)36(17-6-3)21-10-20-34-18-8-7-9-19-34;/h7-9,11-14,18-19,22-23H,4-6,10,15-17,20-21H2,1-3H3,(H3-,37,38,39,40);1H. The fourth-order valence-electron chi connectivity index (χ4n) is 5.36. The van der Waals surface area contributed by atoms with Crippen molar-refractivity contribution in [3.8, 4) is 11.5 Å². The van der Waals surface area contributed by atoms with Gasteiger partial charge in [0, 0.05) is 79.4 Å². The van der Waals surface area contributed by atoms with E-state index in [1.165, 1.54) is 0 Å². The summed E-state index contributed by atoms with van der Waals surface area (Å²) in [6, 6.07) is 16.7. The Bertz CT molecular complexity index is 1370. The summed E-state index contributed by atoms with van der Waals surface area (Å²) in [4.78, 5) is 4.45. The zero-order valence-corrected chi connectivity index (χ0v) is 26.4. The van der Waals surface area contributed by atoms with E-state index >= 15 is 0 Å². The van der Waals surface area contributed by atoms with Crippen molar-refractivity contribution in [1.82, 2.24) is 0 Å². The zero-order chi connectivity index (χ0) is 28.6. The smallest absolute Gasteiger partial charge is 0.168 e. The van der Waals surface area contributed by atoms with Crippen LogP contribution in [0.4, 0.5) is 11.4 Å². The first kappa shape index (κ1) is 32.1.